The molecule has 1 rings (SSSR count). The quantitative estimate of drug-likeness (QED) is 0.655. The number of rotatable bonds is 1. The Morgan fingerprint density at radius 1 is 1.31 bits per heavy atom. The number of nitrogens with two attached hydrogens (primary N) is 2. The average Bonchev–Trinajstić information content (AvgIpc) is 2.01. The molecule has 0 spiro atoms. The summed E-state index contributed by atoms with van der Waals surface area (Å²) in [7, 11) is 0. The lowest BCUT2D eigenvalue weighted by atomic mass is 9.77. The zero-order chi connectivity index (χ0) is 9.90. The molecule has 3 atom stereocenters. The summed E-state index contributed by atoms with van der Waals surface area (Å²) in [6, 6.07) is 0.331. The fraction of sp³-hybridized carbons (Fsp3) is 1.00. The van der Waals surface area contributed by atoms with E-state index in [1.54, 1.807) is 0 Å². The molecule has 1 aliphatic rings. The van der Waals surface area contributed by atoms with Gasteiger partial charge in [-0.3, -0.25) is 0 Å². The Morgan fingerprint density at radius 3 is 2.62 bits per heavy atom. The molecule has 0 heterocycles. The van der Waals surface area contributed by atoms with Crippen LogP contribution in [0.4, 0.5) is 0 Å². The molecule has 2 heteroatoms. The minimum atomic E-state index is 0.0131. The van der Waals surface area contributed by atoms with Gasteiger partial charge in [0.1, 0.15) is 0 Å². The van der Waals surface area contributed by atoms with Crippen LogP contribution in [-0.2, 0) is 0 Å². The van der Waals surface area contributed by atoms with E-state index in [4.69, 9.17) is 11.5 Å². The minimum Gasteiger partial charge on any atom is -0.328 e. The summed E-state index contributed by atoms with van der Waals surface area (Å²) in [6.07, 6.45) is 6.95. The van der Waals surface area contributed by atoms with Crippen LogP contribution in [0.25, 0.3) is 0 Å². The first-order chi connectivity index (χ1) is 6.06. The highest BCUT2D eigenvalue weighted by atomic mass is 14.8. The maximum atomic E-state index is 6.33. The minimum absolute atomic E-state index is 0.0131. The maximum Gasteiger partial charge on any atom is 0.0169 e. The van der Waals surface area contributed by atoms with Crippen molar-refractivity contribution < 1.29 is 0 Å². The molecular formula is C11H24N2. The van der Waals surface area contributed by atoms with Gasteiger partial charge in [-0.1, -0.05) is 26.7 Å². The molecule has 0 aromatic heterocycles. The Morgan fingerprint density at radius 2 is 2.00 bits per heavy atom. The smallest absolute Gasteiger partial charge is 0.0169 e. The van der Waals surface area contributed by atoms with Crippen molar-refractivity contribution in [2.24, 2.45) is 17.4 Å². The van der Waals surface area contributed by atoms with E-state index in [0.717, 1.165) is 31.6 Å². The van der Waals surface area contributed by atoms with E-state index in [0.29, 0.717) is 6.04 Å². The lowest BCUT2D eigenvalue weighted by Crippen LogP contribution is -2.46. The fourth-order valence-electron chi connectivity index (χ4n) is 2.52. The Hall–Kier alpha value is -0.0800. The van der Waals surface area contributed by atoms with Crippen LogP contribution in [-0.4, -0.2) is 11.6 Å². The predicted molar refractivity (Wildman–Crippen MR) is 57.4 cm³/mol. The molecule has 0 bridgehead atoms. The van der Waals surface area contributed by atoms with Crippen LogP contribution in [0.15, 0.2) is 0 Å². The van der Waals surface area contributed by atoms with E-state index < -0.39 is 0 Å². The van der Waals surface area contributed by atoms with Crippen molar-refractivity contribution in [2.45, 2.75) is 64.0 Å². The summed E-state index contributed by atoms with van der Waals surface area (Å²) in [4.78, 5) is 0. The molecule has 0 radical (unpaired) electrons. The normalized spacial score (nSPS) is 42.5. The Balaban J connectivity index is 2.58. The van der Waals surface area contributed by atoms with Gasteiger partial charge < -0.3 is 11.5 Å². The molecule has 2 nitrogen and oxygen atoms in total. The SMILES string of the molecule is CCC1(N)CC(C)CCCC(N)C1. The van der Waals surface area contributed by atoms with Crippen molar-refractivity contribution in [2.75, 3.05) is 0 Å². The van der Waals surface area contributed by atoms with Crippen LogP contribution >= 0.6 is 0 Å². The first-order valence-corrected chi connectivity index (χ1v) is 5.60. The summed E-state index contributed by atoms with van der Waals surface area (Å²) >= 11 is 0. The summed E-state index contributed by atoms with van der Waals surface area (Å²) in [5.74, 6) is 0.775. The van der Waals surface area contributed by atoms with E-state index >= 15 is 0 Å². The first kappa shape index (κ1) is 11.0. The summed E-state index contributed by atoms with van der Waals surface area (Å²) in [6.45, 7) is 4.50. The van der Waals surface area contributed by atoms with Gasteiger partial charge in [-0.15, -0.1) is 0 Å². The van der Waals surface area contributed by atoms with Crippen molar-refractivity contribution in [3.05, 3.63) is 0 Å². The molecule has 1 aliphatic carbocycles. The van der Waals surface area contributed by atoms with Crippen molar-refractivity contribution in [1.82, 2.24) is 0 Å². The third kappa shape index (κ3) is 3.28. The van der Waals surface area contributed by atoms with Gasteiger partial charge in [0.15, 0.2) is 0 Å². The van der Waals surface area contributed by atoms with E-state index in [2.05, 4.69) is 13.8 Å². The highest BCUT2D eigenvalue weighted by molar-refractivity contribution is 4.89. The highest BCUT2D eigenvalue weighted by Gasteiger charge is 2.29. The van der Waals surface area contributed by atoms with E-state index in [1.807, 2.05) is 0 Å². The van der Waals surface area contributed by atoms with Gasteiger partial charge >= 0.3 is 0 Å². The van der Waals surface area contributed by atoms with Crippen molar-refractivity contribution in [3.63, 3.8) is 0 Å². The molecule has 0 amide bonds. The van der Waals surface area contributed by atoms with Gasteiger partial charge in [0.05, 0.1) is 0 Å². The Kier molecular flexibility index (Phi) is 3.74. The molecule has 78 valence electrons. The molecule has 0 saturated heterocycles. The van der Waals surface area contributed by atoms with Crippen molar-refractivity contribution in [3.8, 4) is 0 Å². The van der Waals surface area contributed by atoms with E-state index in [9.17, 15) is 0 Å². The van der Waals surface area contributed by atoms with Crippen LogP contribution in [0.1, 0.15) is 52.4 Å². The molecule has 1 saturated carbocycles. The van der Waals surface area contributed by atoms with Crippen LogP contribution < -0.4 is 11.5 Å². The molecule has 0 aromatic carbocycles. The standard InChI is InChI=1S/C11H24N2/c1-3-11(13)7-9(2)5-4-6-10(12)8-11/h9-10H,3-8,12-13H2,1-2H3. The molecule has 1 fully saturated rings. The van der Waals surface area contributed by atoms with E-state index in [-0.39, 0.29) is 5.54 Å². The summed E-state index contributed by atoms with van der Waals surface area (Å²) in [5, 5.41) is 0. The second-order valence-electron chi connectivity index (χ2n) is 4.92. The van der Waals surface area contributed by atoms with Crippen LogP contribution in [0.3, 0.4) is 0 Å². The molecular weight excluding hydrogens is 160 g/mol. The van der Waals surface area contributed by atoms with Crippen molar-refractivity contribution in [1.29, 1.82) is 0 Å². The fourth-order valence-corrected chi connectivity index (χ4v) is 2.52. The number of hydrogen-bond acceptors (Lipinski definition) is 2. The van der Waals surface area contributed by atoms with Crippen LogP contribution in [0.2, 0.25) is 0 Å². The molecule has 4 N–H and O–H groups in total. The monoisotopic (exact) mass is 184 g/mol. The van der Waals surface area contributed by atoms with Gasteiger partial charge in [0.2, 0.25) is 0 Å². The predicted octanol–water partition coefficient (Wildman–Crippen LogP) is 2.02. The lowest BCUT2D eigenvalue weighted by Gasteiger charge is -2.35. The van der Waals surface area contributed by atoms with Gasteiger partial charge in [0, 0.05) is 11.6 Å². The zero-order valence-electron chi connectivity index (χ0n) is 9.05. The Labute approximate surface area is 82.1 Å². The second-order valence-corrected chi connectivity index (χ2v) is 4.92. The Bertz CT molecular complexity index is 144. The third-order valence-corrected chi connectivity index (χ3v) is 3.40. The second kappa shape index (κ2) is 4.43. The molecule has 3 unspecified atom stereocenters. The highest BCUT2D eigenvalue weighted by Crippen LogP contribution is 2.29. The van der Waals surface area contributed by atoms with Gasteiger partial charge in [0.25, 0.3) is 0 Å². The molecule has 0 aliphatic heterocycles. The summed E-state index contributed by atoms with van der Waals surface area (Å²) in [5.41, 5.74) is 12.4. The zero-order valence-corrected chi connectivity index (χ0v) is 9.05. The van der Waals surface area contributed by atoms with Crippen LogP contribution in [0, 0.1) is 5.92 Å². The van der Waals surface area contributed by atoms with E-state index in [1.165, 1.54) is 12.8 Å². The third-order valence-electron chi connectivity index (χ3n) is 3.40. The topological polar surface area (TPSA) is 52.0 Å². The van der Waals surface area contributed by atoms with Crippen LogP contribution in [0.5, 0.6) is 0 Å². The lowest BCUT2D eigenvalue weighted by molar-refractivity contribution is 0.241. The summed E-state index contributed by atoms with van der Waals surface area (Å²) < 4.78 is 0. The molecule has 0 aromatic rings. The van der Waals surface area contributed by atoms with Gasteiger partial charge in [-0.2, -0.15) is 0 Å². The maximum absolute atomic E-state index is 6.33. The number of hydrogen-bond donors (Lipinski definition) is 2. The molecule has 13 heavy (non-hydrogen) atoms. The van der Waals surface area contributed by atoms with Gasteiger partial charge in [-0.05, 0) is 31.6 Å². The first-order valence-electron chi connectivity index (χ1n) is 5.60. The van der Waals surface area contributed by atoms with Crippen molar-refractivity contribution >= 4 is 0 Å². The van der Waals surface area contributed by atoms with Gasteiger partial charge in [-0.25, -0.2) is 0 Å². The average molecular weight is 184 g/mol. The largest absolute Gasteiger partial charge is 0.328 e.